The number of hydrogen-bond acceptors (Lipinski definition) is 9. The molecule has 5 aliphatic rings. The average Bonchev–Trinajstić information content (AvgIpc) is 3.03. The lowest BCUT2D eigenvalue weighted by molar-refractivity contribution is -0.171. The molecule has 1 aromatic carbocycles. The van der Waals surface area contributed by atoms with E-state index >= 15 is 0 Å². The Hall–Kier alpha value is -2.72. The normalized spacial score (nSPS) is 29.4. The van der Waals surface area contributed by atoms with E-state index in [2.05, 4.69) is 0 Å². The van der Waals surface area contributed by atoms with E-state index in [9.17, 15) is 14.7 Å². The van der Waals surface area contributed by atoms with Crippen LogP contribution >= 0.6 is 0 Å². The molecule has 1 N–H and O–H groups in total. The summed E-state index contributed by atoms with van der Waals surface area (Å²) in [6.45, 7) is 10.3. The van der Waals surface area contributed by atoms with Crippen molar-refractivity contribution in [1.29, 1.82) is 0 Å². The molecule has 1 spiro atoms. The van der Waals surface area contributed by atoms with Crippen molar-refractivity contribution in [2.75, 3.05) is 46.8 Å². The number of Topliss-reactive ketones (excluding diaryl/α,β-unsaturated/α-hetero) is 2. The SMILES string of the molecule is COCCOCCOCCOc1cc(O)c2c(c1)OC13C(=CC4CC1C(C)(C)OC3(CC=C(C)C)C4=O)C2=O. The van der Waals surface area contributed by atoms with Crippen LogP contribution < -0.4 is 9.47 Å². The van der Waals surface area contributed by atoms with Crippen LogP contribution in [-0.2, 0) is 23.7 Å². The number of aromatic hydroxyl groups is 1. The van der Waals surface area contributed by atoms with E-state index < -0.39 is 22.7 Å². The Morgan fingerprint density at radius 1 is 1.08 bits per heavy atom. The van der Waals surface area contributed by atoms with Gasteiger partial charge < -0.3 is 33.5 Å². The monoisotopic (exact) mass is 542 g/mol. The van der Waals surface area contributed by atoms with E-state index in [0.717, 1.165) is 5.57 Å². The molecule has 0 aromatic heterocycles. The van der Waals surface area contributed by atoms with E-state index in [1.54, 1.807) is 19.3 Å². The molecular formula is C30H38O9. The van der Waals surface area contributed by atoms with Gasteiger partial charge in [0.2, 0.25) is 0 Å². The largest absolute Gasteiger partial charge is 0.507 e. The Kier molecular flexibility index (Phi) is 7.39. The van der Waals surface area contributed by atoms with E-state index in [0.29, 0.717) is 57.2 Å². The fraction of sp³-hybridized carbons (Fsp3) is 0.600. The number of carbonyl (C=O) groups is 2. The minimum absolute atomic E-state index is 0.0539. The number of phenolic OH excluding ortho intramolecular Hbond substituents is 1. The maximum Gasteiger partial charge on any atom is 0.200 e. The molecule has 1 saturated carbocycles. The summed E-state index contributed by atoms with van der Waals surface area (Å²) in [5.74, 6) is -0.728. The maximum atomic E-state index is 13.9. The fourth-order valence-electron chi connectivity index (χ4n) is 6.64. The topological polar surface area (TPSA) is 110 Å². The number of rotatable bonds is 12. The predicted octanol–water partition coefficient (Wildman–Crippen LogP) is 3.81. The highest BCUT2D eigenvalue weighted by molar-refractivity contribution is 6.18. The molecular weight excluding hydrogens is 504 g/mol. The number of benzene rings is 1. The molecule has 4 unspecified atom stereocenters. The van der Waals surface area contributed by atoms with Crippen LogP contribution in [0.3, 0.4) is 0 Å². The lowest BCUT2D eigenvalue weighted by Gasteiger charge is -2.56. The van der Waals surface area contributed by atoms with Gasteiger partial charge in [0, 0.05) is 43.1 Å². The third-order valence-electron chi connectivity index (χ3n) is 8.26. The predicted molar refractivity (Wildman–Crippen MR) is 141 cm³/mol. The molecule has 2 heterocycles. The Morgan fingerprint density at radius 3 is 2.46 bits per heavy atom. The second-order valence-electron chi connectivity index (χ2n) is 11.4. The van der Waals surface area contributed by atoms with Crippen molar-refractivity contribution in [1.82, 2.24) is 0 Å². The average molecular weight is 543 g/mol. The molecule has 4 atom stereocenters. The first-order valence-corrected chi connectivity index (χ1v) is 13.6. The van der Waals surface area contributed by atoms with Crippen LogP contribution in [0, 0.1) is 11.8 Å². The molecule has 4 bridgehead atoms. The van der Waals surface area contributed by atoms with Gasteiger partial charge >= 0.3 is 0 Å². The van der Waals surface area contributed by atoms with E-state index in [4.69, 9.17) is 28.4 Å². The third kappa shape index (κ3) is 4.40. The van der Waals surface area contributed by atoms with Gasteiger partial charge in [-0.25, -0.2) is 0 Å². The van der Waals surface area contributed by atoms with Gasteiger partial charge in [-0.1, -0.05) is 17.7 Å². The molecule has 39 heavy (non-hydrogen) atoms. The van der Waals surface area contributed by atoms with Crippen molar-refractivity contribution < 1.29 is 43.1 Å². The van der Waals surface area contributed by atoms with E-state index in [1.165, 1.54) is 6.07 Å². The highest BCUT2D eigenvalue weighted by Gasteiger charge is 2.81. The molecule has 1 saturated heterocycles. The summed E-state index contributed by atoms with van der Waals surface area (Å²) in [6.07, 6.45) is 4.57. The molecule has 2 fully saturated rings. The summed E-state index contributed by atoms with van der Waals surface area (Å²) in [4.78, 5) is 27.8. The number of allylic oxidation sites excluding steroid dienone is 2. The summed E-state index contributed by atoms with van der Waals surface area (Å²) in [5, 5.41) is 10.9. The zero-order valence-corrected chi connectivity index (χ0v) is 23.3. The fourth-order valence-corrected chi connectivity index (χ4v) is 6.64. The smallest absolute Gasteiger partial charge is 0.200 e. The first kappa shape index (κ1) is 27.8. The number of ketones is 2. The number of ether oxygens (including phenoxy) is 6. The Labute approximate surface area is 229 Å². The van der Waals surface area contributed by atoms with E-state index in [1.807, 2.05) is 33.8 Å². The molecule has 0 amide bonds. The van der Waals surface area contributed by atoms with Gasteiger partial charge in [0.15, 0.2) is 22.8 Å². The summed E-state index contributed by atoms with van der Waals surface area (Å²) in [6, 6.07) is 3.02. The van der Waals surface area contributed by atoms with Gasteiger partial charge in [-0.15, -0.1) is 0 Å². The standard InChI is InChI=1S/C30H38O9/c1-18(2)6-7-29-27(33)19-14-21-26(32)25-22(31)16-20(37-13-12-36-11-10-35-9-8-34-5)17-23(25)38-30(21,29)24(15-19)28(3,4)39-29/h6,14,16-17,19,24,31H,7-13,15H2,1-5H3. The number of phenols is 1. The van der Waals surface area contributed by atoms with Crippen molar-refractivity contribution in [3.05, 3.63) is 41.0 Å². The van der Waals surface area contributed by atoms with Gasteiger partial charge in [0.25, 0.3) is 0 Å². The first-order chi connectivity index (χ1) is 18.6. The van der Waals surface area contributed by atoms with Crippen LogP contribution in [0.15, 0.2) is 35.4 Å². The van der Waals surface area contributed by atoms with Gasteiger partial charge in [0.1, 0.15) is 29.4 Å². The minimum atomic E-state index is -1.33. The zero-order valence-electron chi connectivity index (χ0n) is 23.3. The minimum Gasteiger partial charge on any atom is -0.507 e. The molecule has 2 aliphatic heterocycles. The van der Waals surface area contributed by atoms with Crippen LogP contribution in [0.1, 0.15) is 50.9 Å². The highest BCUT2D eigenvalue weighted by atomic mass is 16.6. The summed E-state index contributed by atoms with van der Waals surface area (Å²) < 4.78 is 35.0. The lowest BCUT2D eigenvalue weighted by Crippen LogP contribution is -2.72. The van der Waals surface area contributed by atoms with E-state index in [-0.39, 0.29) is 41.2 Å². The quantitative estimate of drug-likeness (QED) is 0.311. The van der Waals surface area contributed by atoms with Crippen LogP contribution in [0.2, 0.25) is 0 Å². The number of carbonyl (C=O) groups excluding carboxylic acids is 2. The summed E-state index contributed by atoms with van der Waals surface area (Å²) in [7, 11) is 1.62. The molecule has 9 nitrogen and oxygen atoms in total. The highest BCUT2D eigenvalue weighted by Crippen LogP contribution is 2.67. The molecule has 6 rings (SSSR count). The number of fused-ring (bicyclic) bond motifs is 1. The first-order valence-electron chi connectivity index (χ1n) is 13.6. The maximum absolute atomic E-state index is 13.9. The third-order valence-corrected chi connectivity index (χ3v) is 8.26. The lowest BCUT2D eigenvalue weighted by atomic mass is 9.51. The van der Waals surface area contributed by atoms with Crippen LogP contribution in [-0.4, -0.2) is 80.2 Å². The Balaban J connectivity index is 1.41. The summed E-state index contributed by atoms with van der Waals surface area (Å²) in [5.41, 5.74) is -1.77. The van der Waals surface area contributed by atoms with Crippen molar-refractivity contribution >= 4 is 11.6 Å². The van der Waals surface area contributed by atoms with Crippen molar-refractivity contribution in [2.24, 2.45) is 11.8 Å². The molecule has 212 valence electrons. The van der Waals surface area contributed by atoms with Gasteiger partial charge in [-0.05, 0) is 34.1 Å². The van der Waals surface area contributed by atoms with Crippen molar-refractivity contribution in [3.63, 3.8) is 0 Å². The van der Waals surface area contributed by atoms with Gasteiger partial charge in [0.05, 0.1) is 38.6 Å². The molecule has 0 radical (unpaired) electrons. The molecule has 3 aliphatic carbocycles. The molecule has 1 aromatic rings. The van der Waals surface area contributed by atoms with Gasteiger partial charge in [-0.2, -0.15) is 0 Å². The van der Waals surface area contributed by atoms with Crippen molar-refractivity contribution in [2.45, 2.75) is 57.3 Å². The molecule has 9 heteroatoms. The van der Waals surface area contributed by atoms with Crippen LogP contribution in [0.4, 0.5) is 0 Å². The number of hydrogen-bond donors (Lipinski definition) is 1. The Bertz CT molecular complexity index is 1210. The summed E-state index contributed by atoms with van der Waals surface area (Å²) >= 11 is 0. The second kappa shape index (κ2) is 10.4. The van der Waals surface area contributed by atoms with Crippen molar-refractivity contribution in [3.8, 4) is 17.2 Å². The van der Waals surface area contributed by atoms with Crippen LogP contribution in [0.25, 0.3) is 0 Å². The van der Waals surface area contributed by atoms with Gasteiger partial charge in [-0.3, -0.25) is 9.59 Å². The van der Waals surface area contributed by atoms with Crippen LogP contribution in [0.5, 0.6) is 17.2 Å². The second-order valence-corrected chi connectivity index (χ2v) is 11.4. The Morgan fingerprint density at radius 2 is 1.77 bits per heavy atom. The number of methoxy groups -OCH3 is 1. The zero-order chi connectivity index (χ0) is 28.0.